The second-order valence-corrected chi connectivity index (χ2v) is 6.05. The molecule has 1 saturated carbocycles. The normalized spacial score (nSPS) is 15.5. The molecular weight excluding hydrogens is 317 g/mol. The maximum absolute atomic E-state index is 12.8. The van der Waals surface area contributed by atoms with Gasteiger partial charge in [0.15, 0.2) is 0 Å². The van der Waals surface area contributed by atoms with Gasteiger partial charge in [-0.3, -0.25) is 0 Å². The molecule has 1 aliphatic carbocycles. The lowest BCUT2D eigenvalue weighted by Crippen LogP contribution is -2.17. The molecule has 0 amide bonds. The number of aryl methyl sites for hydroxylation is 1. The smallest absolute Gasteiger partial charge is 0.351 e. The Kier molecular flexibility index (Phi) is 4.59. The highest BCUT2D eigenvalue weighted by molar-refractivity contribution is 5.58. The van der Waals surface area contributed by atoms with Crippen LogP contribution in [-0.2, 0) is 6.18 Å². The van der Waals surface area contributed by atoms with Crippen molar-refractivity contribution in [2.75, 3.05) is 10.6 Å². The van der Waals surface area contributed by atoms with Crippen molar-refractivity contribution in [1.29, 1.82) is 0 Å². The van der Waals surface area contributed by atoms with Gasteiger partial charge in [0.2, 0.25) is 5.95 Å². The van der Waals surface area contributed by atoms with Gasteiger partial charge in [0.25, 0.3) is 0 Å². The molecule has 0 radical (unpaired) electrons. The SMILES string of the molecule is Cc1cc(Nc2cccc(C(F)(F)F)c2)nc(NC2CCCC2)n1. The highest BCUT2D eigenvalue weighted by Crippen LogP contribution is 2.31. The second kappa shape index (κ2) is 6.67. The monoisotopic (exact) mass is 336 g/mol. The first-order valence-electron chi connectivity index (χ1n) is 7.97. The zero-order valence-corrected chi connectivity index (χ0v) is 13.3. The fraction of sp³-hybridized carbons (Fsp3) is 0.412. The van der Waals surface area contributed by atoms with Crippen LogP contribution in [0.1, 0.15) is 36.9 Å². The highest BCUT2D eigenvalue weighted by Gasteiger charge is 2.30. The van der Waals surface area contributed by atoms with Gasteiger partial charge in [-0.15, -0.1) is 0 Å². The van der Waals surface area contributed by atoms with Crippen LogP contribution in [0, 0.1) is 6.92 Å². The Labute approximate surface area is 138 Å². The van der Waals surface area contributed by atoms with E-state index in [-0.39, 0.29) is 0 Å². The Morgan fingerprint density at radius 1 is 1.08 bits per heavy atom. The molecule has 2 N–H and O–H groups in total. The van der Waals surface area contributed by atoms with Crippen molar-refractivity contribution < 1.29 is 13.2 Å². The molecule has 1 aromatic heterocycles. The zero-order chi connectivity index (χ0) is 17.2. The molecule has 0 atom stereocenters. The Morgan fingerprint density at radius 3 is 2.54 bits per heavy atom. The van der Waals surface area contributed by atoms with E-state index in [1.165, 1.54) is 18.9 Å². The van der Waals surface area contributed by atoms with Crippen molar-refractivity contribution >= 4 is 17.5 Å². The van der Waals surface area contributed by atoms with Gasteiger partial charge in [-0.25, -0.2) is 4.98 Å². The van der Waals surface area contributed by atoms with Gasteiger partial charge in [0.1, 0.15) is 5.82 Å². The van der Waals surface area contributed by atoms with Crippen LogP contribution in [0.15, 0.2) is 30.3 Å². The van der Waals surface area contributed by atoms with E-state index in [0.29, 0.717) is 23.5 Å². The average Bonchev–Trinajstić information content (AvgIpc) is 2.99. The predicted molar refractivity (Wildman–Crippen MR) is 87.4 cm³/mol. The second-order valence-electron chi connectivity index (χ2n) is 6.05. The molecule has 2 aromatic rings. The number of nitrogens with zero attached hydrogens (tertiary/aromatic N) is 2. The van der Waals surface area contributed by atoms with Crippen LogP contribution < -0.4 is 10.6 Å². The zero-order valence-electron chi connectivity index (χ0n) is 13.3. The first-order valence-corrected chi connectivity index (χ1v) is 7.97. The molecule has 1 heterocycles. The summed E-state index contributed by atoms with van der Waals surface area (Å²) in [6.45, 7) is 1.83. The molecule has 1 fully saturated rings. The fourth-order valence-electron chi connectivity index (χ4n) is 2.87. The van der Waals surface area contributed by atoms with E-state index >= 15 is 0 Å². The molecule has 7 heteroatoms. The summed E-state index contributed by atoms with van der Waals surface area (Å²) in [5.41, 5.74) is 0.400. The van der Waals surface area contributed by atoms with E-state index in [0.717, 1.165) is 30.7 Å². The van der Waals surface area contributed by atoms with Crippen LogP contribution in [0.5, 0.6) is 0 Å². The van der Waals surface area contributed by atoms with Crippen LogP contribution in [0.3, 0.4) is 0 Å². The summed E-state index contributed by atoms with van der Waals surface area (Å²) in [4.78, 5) is 8.72. The van der Waals surface area contributed by atoms with Crippen molar-refractivity contribution in [3.05, 3.63) is 41.6 Å². The van der Waals surface area contributed by atoms with Crippen LogP contribution in [-0.4, -0.2) is 16.0 Å². The molecule has 4 nitrogen and oxygen atoms in total. The summed E-state index contributed by atoms with van der Waals surface area (Å²) in [5.74, 6) is 0.985. The average molecular weight is 336 g/mol. The summed E-state index contributed by atoms with van der Waals surface area (Å²) in [5, 5.41) is 6.23. The van der Waals surface area contributed by atoms with E-state index in [9.17, 15) is 13.2 Å². The molecule has 1 aliphatic rings. The molecule has 3 rings (SSSR count). The standard InChI is InChI=1S/C17H19F3N4/c1-11-9-15(24-16(21-11)23-13-6-2-3-7-13)22-14-8-4-5-12(10-14)17(18,19)20/h4-5,8-10,13H,2-3,6-7H2,1H3,(H2,21,22,23,24). The summed E-state index contributed by atoms with van der Waals surface area (Å²) in [6, 6.07) is 7.15. The van der Waals surface area contributed by atoms with E-state index in [1.807, 2.05) is 6.92 Å². The van der Waals surface area contributed by atoms with Crippen LogP contribution in [0.4, 0.5) is 30.6 Å². The van der Waals surface area contributed by atoms with Crippen molar-refractivity contribution in [3.63, 3.8) is 0 Å². The summed E-state index contributed by atoms with van der Waals surface area (Å²) >= 11 is 0. The van der Waals surface area contributed by atoms with Crippen LogP contribution >= 0.6 is 0 Å². The summed E-state index contributed by atoms with van der Waals surface area (Å²) in [6.07, 6.45) is 0.202. The Balaban J connectivity index is 1.78. The maximum Gasteiger partial charge on any atom is 0.416 e. The minimum atomic E-state index is -4.37. The minimum Gasteiger partial charge on any atom is -0.351 e. The molecule has 0 aliphatic heterocycles. The third kappa shape index (κ3) is 4.15. The van der Waals surface area contributed by atoms with E-state index in [1.54, 1.807) is 12.1 Å². The maximum atomic E-state index is 12.8. The topological polar surface area (TPSA) is 49.8 Å². The highest BCUT2D eigenvalue weighted by atomic mass is 19.4. The van der Waals surface area contributed by atoms with E-state index in [2.05, 4.69) is 20.6 Å². The molecule has 0 spiro atoms. The fourth-order valence-corrected chi connectivity index (χ4v) is 2.87. The Hall–Kier alpha value is -2.31. The number of halogens is 3. The quantitative estimate of drug-likeness (QED) is 0.833. The molecule has 0 unspecified atom stereocenters. The number of alkyl halides is 3. The lowest BCUT2D eigenvalue weighted by molar-refractivity contribution is -0.137. The van der Waals surface area contributed by atoms with Gasteiger partial charge in [0.05, 0.1) is 5.56 Å². The Bertz CT molecular complexity index is 709. The predicted octanol–water partition coefficient (Wildman–Crippen LogP) is 4.90. The number of hydrogen-bond donors (Lipinski definition) is 2. The molecule has 24 heavy (non-hydrogen) atoms. The minimum absolute atomic E-state index is 0.342. The largest absolute Gasteiger partial charge is 0.416 e. The lowest BCUT2D eigenvalue weighted by Gasteiger charge is -2.14. The number of rotatable bonds is 4. The van der Waals surface area contributed by atoms with Gasteiger partial charge in [0, 0.05) is 23.5 Å². The van der Waals surface area contributed by atoms with E-state index < -0.39 is 11.7 Å². The van der Waals surface area contributed by atoms with Crippen LogP contribution in [0.25, 0.3) is 0 Å². The molecule has 1 aromatic carbocycles. The first-order chi connectivity index (χ1) is 11.4. The number of nitrogens with one attached hydrogen (secondary N) is 2. The third-order valence-electron chi connectivity index (χ3n) is 4.00. The number of anilines is 3. The van der Waals surface area contributed by atoms with Crippen LogP contribution in [0.2, 0.25) is 0 Å². The van der Waals surface area contributed by atoms with Gasteiger partial charge in [-0.1, -0.05) is 18.9 Å². The molecule has 128 valence electrons. The number of hydrogen-bond acceptors (Lipinski definition) is 4. The molecule has 0 bridgehead atoms. The van der Waals surface area contributed by atoms with Crippen molar-refractivity contribution in [1.82, 2.24) is 9.97 Å². The van der Waals surface area contributed by atoms with Gasteiger partial charge in [-0.05, 0) is 38.0 Å². The third-order valence-corrected chi connectivity index (χ3v) is 4.00. The van der Waals surface area contributed by atoms with Gasteiger partial charge < -0.3 is 10.6 Å². The summed E-state index contributed by atoms with van der Waals surface area (Å²) in [7, 11) is 0. The molecule has 0 saturated heterocycles. The lowest BCUT2D eigenvalue weighted by atomic mass is 10.2. The van der Waals surface area contributed by atoms with E-state index in [4.69, 9.17) is 0 Å². The Morgan fingerprint density at radius 2 is 1.83 bits per heavy atom. The van der Waals surface area contributed by atoms with Crippen molar-refractivity contribution in [3.8, 4) is 0 Å². The number of benzene rings is 1. The summed E-state index contributed by atoms with van der Waals surface area (Å²) < 4.78 is 38.4. The van der Waals surface area contributed by atoms with Crippen molar-refractivity contribution in [2.45, 2.75) is 44.8 Å². The van der Waals surface area contributed by atoms with Gasteiger partial charge >= 0.3 is 6.18 Å². The first kappa shape index (κ1) is 16.5. The van der Waals surface area contributed by atoms with Gasteiger partial charge in [-0.2, -0.15) is 18.2 Å². The molecular formula is C17H19F3N4. The van der Waals surface area contributed by atoms with Crippen molar-refractivity contribution in [2.24, 2.45) is 0 Å². The number of aromatic nitrogens is 2.